The summed E-state index contributed by atoms with van der Waals surface area (Å²) in [5.74, 6) is 0.754. The third-order valence-electron chi connectivity index (χ3n) is 5.08. The molecule has 0 aromatic heterocycles. The van der Waals surface area contributed by atoms with E-state index in [0.29, 0.717) is 24.5 Å². The molecule has 0 atom stereocenters. The van der Waals surface area contributed by atoms with Gasteiger partial charge in [0.2, 0.25) is 0 Å². The molecule has 8 nitrogen and oxygen atoms in total. The summed E-state index contributed by atoms with van der Waals surface area (Å²) >= 11 is 6.22. The highest BCUT2D eigenvalue weighted by Gasteiger charge is 2.21. The van der Waals surface area contributed by atoms with E-state index in [-0.39, 0.29) is 28.2 Å². The molecule has 1 fully saturated rings. The number of anilines is 1. The Morgan fingerprint density at radius 1 is 1.10 bits per heavy atom. The second kappa shape index (κ2) is 10.2. The molecule has 1 saturated heterocycles. The Hall–Kier alpha value is -2.49. The van der Waals surface area contributed by atoms with Gasteiger partial charge in [-0.3, -0.25) is 9.52 Å². The van der Waals surface area contributed by atoms with Crippen LogP contribution in [0.5, 0.6) is 11.5 Å². The fraction of sp³-hybridized carbons (Fsp3) is 0.381. The monoisotopic (exact) mass is 467 g/mol. The Bertz CT molecular complexity index is 1010. The molecule has 1 aliphatic heterocycles. The molecule has 1 N–H and O–H groups in total. The topological polar surface area (TPSA) is 88.2 Å². The lowest BCUT2D eigenvalue weighted by molar-refractivity contribution is -0.135. The molecule has 2 aromatic carbocycles. The summed E-state index contributed by atoms with van der Waals surface area (Å²) in [7, 11) is -2.31. The second-order valence-electron chi connectivity index (χ2n) is 7.03. The number of nitrogens with zero attached hydrogens (tertiary/aromatic N) is 2. The quantitative estimate of drug-likeness (QED) is 0.642. The zero-order valence-corrected chi connectivity index (χ0v) is 19.1. The first-order valence-electron chi connectivity index (χ1n) is 9.91. The van der Waals surface area contributed by atoms with Crippen LogP contribution in [0.25, 0.3) is 0 Å². The van der Waals surface area contributed by atoms with Crippen molar-refractivity contribution in [3.05, 3.63) is 47.5 Å². The number of nitrogens with one attached hydrogen (secondary N) is 1. The largest absolute Gasteiger partial charge is 0.497 e. The van der Waals surface area contributed by atoms with E-state index in [0.717, 1.165) is 19.6 Å². The molecule has 31 heavy (non-hydrogen) atoms. The fourth-order valence-electron chi connectivity index (χ4n) is 3.18. The summed E-state index contributed by atoms with van der Waals surface area (Å²) < 4.78 is 38.4. The summed E-state index contributed by atoms with van der Waals surface area (Å²) in [6.07, 6.45) is 0. The Labute approximate surface area is 187 Å². The number of ether oxygens (including phenoxy) is 2. The van der Waals surface area contributed by atoms with Crippen molar-refractivity contribution in [3.8, 4) is 11.5 Å². The van der Waals surface area contributed by atoms with Crippen molar-refractivity contribution in [2.75, 3.05) is 51.2 Å². The molecule has 168 valence electrons. The Morgan fingerprint density at radius 3 is 2.35 bits per heavy atom. The number of benzene rings is 2. The fourth-order valence-corrected chi connectivity index (χ4v) is 4.57. The van der Waals surface area contributed by atoms with Gasteiger partial charge in [-0.05, 0) is 49.0 Å². The Balaban J connectivity index is 1.60. The molecule has 0 unspecified atom stereocenters. The van der Waals surface area contributed by atoms with E-state index in [1.165, 1.54) is 25.3 Å². The molecule has 0 saturated carbocycles. The van der Waals surface area contributed by atoms with Crippen LogP contribution in [0.3, 0.4) is 0 Å². The molecular weight excluding hydrogens is 442 g/mol. The molecule has 0 aliphatic carbocycles. The van der Waals surface area contributed by atoms with Crippen molar-refractivity contribution in [3.63, 3.8) is 0 Å². The van der Waals surface area contributed by atoms with Gasteiger partial charge in [0, 0.05) is 31.9 Å². The number of halogens is 1. The summed E-state index contributed by atoms with van der Waals surface area (Å²) in [5, 5.41) is 0.112. The summed E-state index contributed by atoms with van der Waals surface area (Å²) in [5.41, 5.74) is 0.394. The number of rotatable bonds is 8. The van der Waals surface area contributed by atoms with Gasteiger partial charge in [-0.25, -0.2) is 8.42 Å². The number of likely N-dealkylation sites (N-methyl/N-ethyl adjacent to an activating group) is 1. The van der Waals surface area contributed by atoms with Gasteiger partial charge in [0.1, 0.15) is 11.5 Å². The van der Waals surface area contributed by atoms with E-state index in [1.807, 2.05) is 0 Å². The molecular formula is C21H26ClN3O5S. The molecule has 10 heteroatoms. The minimum Gasteiger partial charge on any atom is -0.497 e. The van der Waals surface area contributed by atoms with Crippen molar-refractivity contribution in [2.45, 2.75) is 11.8 Å². The number of carbonyl (C=O) groups excluding carboxylic acids is 1. The minimum atomic E-state index is -3.84. The second-order valence-corrected chi connectivity index (χ2v) is 9.12. The average molecular weight is 468 g/mol. The van der Waals surface area contributed by atoms with Crippen LogP contribution < -0.4 is 14.2 Å². The van der Waals surface area contributed by atoms with Gasteiger partial charge in [-0.2, -0.15) is 0 Å². The third-order valence-corrected chi connectivity index (χ3v) is 6.75. The highest BCUT2D eigenvalue weighted by molar-refractivity contribution is 7.92. The van der Waals surface area contributed by atoms with Gasteiger partial charge in [-0.15, -0.1) is 0 Å². The van der Waals surface area contributed by atoms with Crippen molar-refractivity contribution in [1.82, 2.24) is 9.80 Å². The van der Waals surface area contributed by atoms with Gasteiger partial charge >= 0.3 is 0 Å². The Morgan fingerprint density at radius 2 is 1.77 bits per heavy atom. The molecule has 2 aromatic rings. The maximum Gasteiger partial charge on any atom is 0.261 e. The maximum absolute atomic E-state index is 12.6. The zero-order chi connectivity index (χ0) is 22.4. The van der Waals surface area contributed by atoms with E-state index >= 15 is 0 Å². The SMILES string of the molecule is CCN1CCN(C(=O)COc2ccc(S(=O)(=O)Nc3ccc(OC)cc3)cc2Cl)CC1. The van der Waals surface area contributed by atoms with Crippen LogP contribution in [0.1, 0.15) is 6.92 Å². The predicted octanol–water partition coefficient (Wildman–Crippen LogP) is 2.69. The number of piperazine rings is 1. The average Bonchev–Trinajstić information content (AvgIpc) is 2.78. The first-order valence-corrected chi connectivity index (χ1v) is 11.8. The highest BCUT2D eigenvalue weighted by Crippen LogP contribution is 2.28. The summed E-state index contributed by atoms with van der Waals surface area (Å²) in [4.78, 5) is 16.4. The van der Waals surface area contributed by atoms with Gasteiger partial charge < -0.3 is 19.3 Å². The first-order chi connectivity index (χ1) is 14.8. The van der Waals surface area contributed by atoms with Crippen LogP contribution >= 0.6 is 11.6 Å². The van der Waals surface area contributed by atoms with E-state index in [2.05, 4.69) is 16.5 Å². The van der Waals surface area contributed by atoms with E-state index < -0.39 is 10.0 Å². The predicted molar refractivity (Wildman–Crippen MR) is 119 cm³/mol. The number of hydrogen-bond acceptors (Lipinski definition) is 6. The lowest BCUT2D eigenvalue weighted by Crippen LogP contribution is -2.49. The van der Waals surface area contributed by atoms with Crippen LogP contribution in [-0.2, 0) is 14.8 Å². The molecule has 1 aliphatic rings. The summed E-state index contributed by atoms with van der Waals surface area (Å²) in [6.45, 7) is 5.93. The van der Waals surface area contributed by atoms with Crippen molar-refractivity contribution in [1.29, 1.82) is 0 Å². The zero-order valence-electron chi connectivity index (χ0n) is 17.5. The van der Waals surface area contributed by atoms with Crippen LogP contribution in [-0.4, -0.2) is 70.6 Å². The number of sulfonamides is 1. The van der Waals surface area contributed by atoms with Gasteiger partial charge in [0.05, 0.1) is 17.0 Å². The third kappa shape index (κ3) is 6.03. The standard InChI is InChI=1S/C21H26ClN3O5S/c1-3-24-10-12-25(13-11-24)21(26)15-30-20-9-8-18(14-19(20)22)31(27,28)23-16-4-6-17(29-2)7-5-16/h4-9,14,23H,3,10-13,15H2,1-2H3. The number of hydrogen-bond donors (Lipinski definition) is 1. The molecule has 1 heterocycles. The smallest absolute Gasteiger partial charge is 0.261 e. The maximum atomic E-state index is 12.6. The number of methoxy groups -OCH3 is 1. The van der Waals surface area contributed by atoms with Crippen LogP contribution in [0.2, 0.25) is 5.02 Å². The van der Waals surface area contributed by atoms with E-state index in [1.54, 1.807) is 29.2 Å². The van der Waals surface area contributed by atoms with Gasteiger partial charge in [0.15, 0.2) is 6.61 Å². The lowest BCUT2D eigenvalue weighted by atomic mass is 10.3. The van der Waals surface area contributed by atoms with Crippen LogP contribution in [0, 0.1) is 0 Å². The molecule has 1 amide bonds. The van der Waals surface area contributed by atoms with Crippen molar-refractivity contribution in [2.24, 2.45) is 0 Å². The Kier molecular flexibility index (Phi) is 7.64. The van der Waals surface area contributed by atoms with E-state index in [4.69, 9.17) is 21.1 Å². The lowest BCUT2D eigenvalue weighted by Gasteiger charge is -2.33. The summed E-state index contributed by atoms with van der Waals surface area (Å²) in [6, 6.07) is 10.6. The molecule has 0 spiro atoms. The number of carbonyl (C=O) groups is 1. The van der Waals surface area contributed by atoms with E-state index in [9.17, 15) is 13.2 Å². The van der Waals surface area contributed by atoms with Crippen LogP contribution in [0.4, 0.5) is 5.69 Å². The van der Waals surface area contributed by atoms with Gasteiger partial charge in [0.25, 0.3) is 15.9 Å². The molecule has 0 radical (unpaired) electrons. The van der Waals surface area contributed by atoms with Crippen molar-refractivity contribution >= 4 is 33.2 Å². The number of amides is 1. The van der Waals surface area contributed by atoms with Gasteiger partial charge in [-0.1, -0.05) is 18.5 Å². The molecule has 3 rings (SSSR count). The molecule has 0 bridgehead atoms. The first kappa shape index (κ1) is 23.2. The minimum absolute atomic E-state index is 0.0114. The highest BCUT2D eigenvalue weighted by atomic mass is 35.5. The van der Waals surface area contributed by atoms with Crippen LogP contribution in [0.15, 0.2) is 47.4 Å². The normalized spacial score (nSPS) is 14.9. The van der Waals surface area contributed by atoms with Crippen molar-refractivity contribution < 1.29 is 22.7 Å².